The summed E-state index contributed by atoms with van der Waals surface area (Å²) in [6, 6.07) is 15.8. The Bertz CT molecular complexity index is 1020. The highest BCUT2D eigenvalue weighted by molar-refractivity contribution is 5.96. The Morgan fingerprint density at radius 1 is 1.08 bits per heavy atom. The van der Waals surface area contributed by atoms with Crippen molar-refractivity contribution in [1.82, 2.24) is 5.32 Å². The van der Waals surface area contributed by atoms with Crippen LogP contribution in [0.5, 0.6) is 0 Å². The average molecular weight is 349 g/mol. The summed E-state index contributed by atoms with van der Waals surface area (Å²) in [4.78, 5) is 24.8. The third kappa shape index (κ3) is 3.13. The number of hydrogen-bond donors (Lipinski definition) is 2. The molecule has 2 atom stereocenters. The lowest BCUT2D eigenvalue weighted by atomic mass is 10.0. The quantitative estimate of drug-likeness (QED) is 0.712. The maximum atomic E-state index is 12.5. The van der Waals surface area contributed by atoms with E-state index in [-0.39, 0.29) is 11.9 Å². The van der Waals surface area contributed by atoms with Crippen LogP contribution in [0.3, 0.4) is 0 Å². The highest BCUT2D eigenvalue weighted by Gasteiger charge is 2.26. The lowest BCUT2D eigenvalue weighted by molar-refractivity contribution is 0.0873. The summed E-state index contributed by atoms with van der Waals surface area (Å²) in [5.41, 5.74) is 1.59. The molecule has 1 saturated carbocycles. The van der Waals surface area contributed by atoms with Gasteiger partial charge in [0.05, 0.1) is 17.7 Å². The van der Waals surface area contributed by atoms with Crippen LogP contribution in [0, 0.1) is 0 Å². The van der Waals surface area contributed by atoms with E-state index in [1.807, 2.05) is 18.2 Å². The van der Waals surface area contributed by atoms with Gasteiger partial charge in [-0.2, -0.15) is 0 Å². The first-order valence-corrected chi connectivity index (χ1v) is 8.74. The van der Waals surface area contributed by atoms with Crippen LogP contribution in [0.25, 0.3) is 22.1 Å². The minimum Gasteiger partial charge on any atom is -0.422 e. The van der Waals surface area contributed by atoms with Crippen molar-refractivity contribution in [2.45, 2.75) is 31.4 Å². The summed E-state index contributed by atoms with van der Waals surface area (Å²) in [7, 11) is 0. The smallest absolute Gasteiger partial charge is 0.344 e. The van der Waals surface area contributed by atoms with E-state index in [1.165, 1.54) is 0 Å². The molecule has 5 nitrogen and oxygen atoms in total. The van der Waals surface area contributed by atoms with Crippen LogP contribution >= 0.6 is 0 Å². The zero-order valence-corrected chi connectivity index (χ0v) is 14.1. The number of para-hydroxylation sites is 1. The van der Waals surface area contributed by atoms with E-state index < -0.39 is 11.7 Å². The topological polar surface area (TPSA) is 79.5 Å². The molecule has 0 unspecified atom stereocenters. The number of amides is 1. The lowest BCUT2D eigenvalue weighted by Crippen LogP contribution is -2.39. The Balaban J connectivity index is 1.66. The minimum absolute atomic E-state index is 0.211. The van der Waals surface area contributed by atoms with Gasteiger partial charge in [0.25, 0.3) is 5.91 Å². The highest BCUT2D eigenvalue weighted by atomic mass is 16.4. The standard InChI is InChI=1S/C21H19NO4/c23-18-9-4-8-17(18)22-20(24)15-7-3-6-13(11-15)16-12-14-5-1-2-10-19(14)26-21(16)25/h1-3,5-7,10-12,17-18,23H,4,8-9H2,(H,22,24)/t17-,18-/m0/s1. The van der Waals surface area contributed by atoms with Gasteiger partial charge >= 0.3 is 5.63 Å². The SMILES string of the molecule is O=C(N[C@H]1CCC[C@@H]1O)c1cccc(-c2cc3ccccc3oc2=O)c1. The molecule has 26 heavy (non-hydrogen) atoms. The lowest BCUT2D eigenvalue weighted by Gasteiger charge is -2.16. The fraction of sp³-hybridized carbons (Fsp3) is 0.238. The van der Waals surface area contributed by atoms with Crippen LogP contribution in [-0.2, 0) is 0 Å². The second kappa shape index (κ2) is 6.77. The van der Waals surface area contributed by atoms with Gasteiger partial charge in [-0.05, 0) is 49.1 Å². The maximum absolute atomic E-state index is 12.5. The number of carbonyl (C=O) groups is 1. The fourth-order valence-electron chi connectivity index (χ4n) is 3.45. The molecule has 1 amide bonds. The van der Waals surface area contributed by atoms with Crippen LogP contribution in [0.15, 0.2) is 63.8 Å². The van der Waals surface area contributed by atoms with Gasteiger partial charge in [0.15, 0.2) is 0 Å². The van der Waals surface area contributed by atoms with Crippen molar-refractivity contribution in [2.75, 3.05) is 0 Å². The minimum atomic E-state index is -0.491. The van der Waals surface area contributed by atoms with Gasteiger partial charge in [0.1, 0.15) is 5.58 Å². The van der Waals surface area contributed by atoms with Crippen molar-refractivity contribution >= 4 is 16.9 Å². The molecule has 2 N–H and O–H groups in total. The van der Waals surface area contributed by atoms with Crippen LogP contribution < -0.4 is 10.9 Å². The first-order valence-electron chi connectivity index (χ1n) is 8.74. The van der Waals surface area contributed by atoms with Gasteiger partial charge in [-0.3, -0.25) is 4.79 Å². The van der Waals surface area contributed by atoms with E-state index in [0.717, 1.165) is 18.2 Å². The predicted molar refractivity (Wildman–Crippen MR) is 99.0 cm³/mol. The maximum Gasteiger partial charge on any atom is 0.344 e. The Morgan fingerprint density at radius 3 is 2.73 bits per heavy atom. The van der Waals surface area contributed by atoms with Crippen LogP contribution in [0.4, 0.5) is 0 Å². The third-order valence-corrected chi connectivity index (χ3v) is 4.87. The molecule has 1 heterocycles. The van der Waals surface area contributed by atoms with Crippen LogP contribution in [-0.4, -0.2) is 23.2 Å². The molecule has 0 radical (unpaired) electrons. The zero-order chi connectivity index (χ0) is 18.1. The van der Waals surface area contributed by atoms with E-state index in [1.54, 1.807) is 36.4 Å². The number of rotatable bonds is 3. The summed E-state index contributed by atoms with van der Waals surface area (Å²) in [6.45, 7) is 0. The number of carbonyl (C=O) groups excluding carboxylic acids is 1. The van der Waals surface area contributed by atoms with Gasteiger partial charge in [0, 0.05) is 10.9 Å². The van der Waals surface area contributed by atoms with Crippen molar-refractivity contribution in [1.29, 1.82) is 0 Å². The molecule has 2 aromatic carbocycles. The average Bonchev–Trinajstić information content (AvgIpc) is 3.06. The summed E-state index contributed by atoms with van der Waals surface area (Å²) < 4.78 is 5.38. The van der Waals surface area contributed by atoms with Crippen molar-refractivity contribution < 1.29 is 14.3 Å². The molecule has 0 aliphatic heterocycles. The van der Waals surface area contributed by atoms with Crippen molar-refractivity contribution in [3.05, 3.63) is 70.6 Å². The third-order valence-electron chi connectivity index (χ3n) is 4.87. The number of aliphatic hydroxyl groups is 1. The summed E-state index contributed by atoms with van der Waals surface area (Å²) in [6.07, 6.45) is 1.91. The van der Waals surface area contributed by atoms with Crippen molar-refractivity contribution in [2.24, 2.45) is 0 Å². The van der Waals surface area contributed by atoms with Crippen LogP contribution in [0.2, 0.25) is 0 Å². The molecule has 0 bridgehead atoms. The summed E-state index contributed by atoms with van der Waals surface area (Å²) in [5.74, 6) is -0.247. The number of nitrogens with one attached hydrogen (secondary N) is 1. The molecule has 0 spiro atoms. The number of benzene rings is 2. The largest absolute Gasteiger partial charge is 0.422 e. The number of fused-ring (bicyclic) bond motifs is 1. The zero-order valence-electron chi connectivity index (χ0n) is 14.1. The highest BCUT2D eigenvalue weighted by Crippen LogP contribution is 2.23. The van der Waals surface area contributed by atoms with Gasteiger partial charge in [0.2, 0.25) is 0 Å². The molecule has 3 aromatic rings. The molecule has 1 aromatic heterocycles. The Labute approximate surface area is 150 Å². The van der Waals surface area contributed by atoms with E-state index in [2.05, 4.69) is 5.32 Å². The van der Waals surface area contributed by atoms with E-state index >= 15 is 0 Å². The molecule has 132 valence electrons. The molecule has 1 aliphatic rings. The van der Waals surface area contributed by atoms with Gasteiger partial charge in [-0.25, -0.2) is 4.79 Å². The molecule has 0 saturated heterocycles. The Kier molecular flexibility index (Phi) is 4.31. The molecular formula is C21H19NO4. The van der Waals surface area contributed by atoms with Gasteiger partial charge in [-0.1, -0.05) is 30.3 Å². The second-order valence-electron chi connectivity index (χ2n) is 6.64. The Morgan fingerprint density at radius 2 is 1.92 bits per heavy atom. The monoisotopic (exact) mass is 349 g/mol. The Hall–Kier alpha value is -2.92. The van der Waals surface area contributed by atoms with E-state index in [0.29, 0.717) is 28.7 Å². The first-order chi connectivity index (χ1) is 12.6. The van der Waals surface area contributed by atoms with Crippen molar-refractivity contribution in [3.63, 3.8) is 0 Å². The van der Waals surface area contributed by atoms with Gasteiger partial charge in [-0.15, -0.1) is 0 Å². The summed E-state index contributed by atoms with van der Waals surface area (Å²) >= 11 is 0. The van der Waals surface area contributed by atoms with Gasteiger partial charge < -0.3 is 14.8 Å². The second-order valence-corrected chi connectivity index (χ2v) is 6.64. The number of hydrogen-bond acceptors (Lipinski definition) is 4. The molecular weight excluding hydrogens is 330 g/mol. The predicted octanol–water partition coefficient (Wildman–Crippen LogP) is 3.10. The van der Waals surface area contributed by atoms with E-state index in [9.17, 15) is 14.7 Å². The fourth-order valence-corrected chi connectivity index (χ4v) is 3.45. The van der Waals surface area contributed by atoms with E-state index in [4.69, 9.17) is 4.42 Å². The number of aliphatic hydroxyl groups excluding tert-OH is 1. The summed E-state index contributed by atoms with van der Waals surface area (Å²) in [5, 5.41) is 13.6. The van der Waals surface area contributed by atoms with Crippen LogP contribution in [0.1, 0.15) is 29.6 Å². The first kappa shape index (κ1) is 16.5. The molecule has 5 heteroatoms. The molecule has 1 fully saturated rings. The normalized spacial score (nSPS) is 19.6. The molecule has 4 rings (SSSR count). The van der Waals surface area contributed by atoms with Crippen molar-refractivity contribution in [3.8, 4) is 11.1 Å². The molecule has 1 aliphatic carbocycles.